The van der Waals surface area contributed by atoms with Gasteiger partial charge in [-0.3, -0.25) is 4.98 Å². The third-order valence-electron chi connectivity index (χ3n) is 5.79. The van der Waals surface area contributed by atoms with Crippen LogP contribution >= 0.6 is 0 Å². The fraction of sp³-hybridized carbons (Fsp3) is 0.360. The maximum Gasteiger partial charge on any atom is 0.387 e. The van der Waals surface area contributed by atoms with E-state index in [2.05, 4.69) is 28.3 Å². The number of alkyl halides is 4. The van der Waals surface area contributed by atoms with Crippen LogP contribution in [0.5, 0.6) is 11.5 Å². The highest BCUT2D eigenvalue weighted by molar-refractivity contribution is 5.46. The van der Waals surface area contributed by atoms with Crippen LogP contribution in [-0.2, 0) is 11.2 Å². The molecule has 3 aromatic rings. The monoisotopic (exact) mass is 492 g/mol. The lowest BCUT2D eigenvalue weighted by atomic mass is 9.88. The van der Waals surface area contributed by atoms with Gasteiger partial charge in [0.05, 0.1) is 6.10 Å². The summed E-state index contributed by atoms with van der Waals surface area (Å²) >= 11 is 0. The number of halogens is 4. The van der Waals surface area contributed by atoms with Gasteiger partial charge >= 0.3 is 13.2 Å². The highest BCUT2D eigenvalue weighted by Crippen LogP contribution is 2.43. The summed E-state index contributed by atoms with van der Waals surface area (Å²) < 4.78 is 66.6. The number of benzene rings is 1. The Bertz CT molecular complexity index is 1130. The van der Waals surface area contributed by atoms with E-state index in [1.807, 2.05) is 12.1 Å². The summed E-state index contributed by atoms with van der Waals surface area (Å²) in [6.07, 6.45) is 4.91. The summed E-state index contributed by atoms with van der Waals surface area (Å²) in [5.74, 6) is -1.08. The number of rotatable bonds is 10. The summed E-state index contributed by atoms with van der Waals surface area (Å²) in [5.41, 5.74) is 2.85. The van der Waals surface area contributed by atoms with Crippen molar-refractivity contribution in [2.24, 2.45) is 5.92 Å². The van der Waals surface area contributed by atoms with Gasteiger partial charge in [0.1, 0.15) is 6.10 Å². The number of nitrogens with zero attached hydrogens (tertiary/aromatic N) is 2. The van der Waals surface area contributed by atoms with Gasteiger partial charge in [0.2, 0.25) is 0 Å². The van der Waals surface area contributed by atoms with E-state index in [0.29, 0.717) is 28.3 Å². The molecule has 3 heterocycles. The first-order chi connectivity index (χ1) is 16.7. The van der Waals surface area contributed by atoms with Crippen LogP contribution in [0.1, 0.15) is 48.3 Å². The molecule has 1 aliphatic heterocycles. The first-order valence-corrected chi connectivity index (χ1v) is 11.0. The van der Waals surface area contributed by atoms with Crippen LogP contribution in [0.4, 0.5) is 17.6 Å². The second-order valence-corrected chi connectivity index (χ2v) is 8.57. The van der Waals surface area contributed by atoms with Crippen LogP contribution < -0.4 is 14.2 Å². The Labute approximate surface area is 199 Å². The molecule has 10 heteroatoms. The molecule has 186 valence electrons. The number of pyridine rings is 2. The molecule has 4 rings (SSSR count). The van der Waals surface area contributed by atoms with E-state index in [1.54, 1.807) is 18.3 Å². The van der Waals surface area contributed by atoms with Crippen molar-refractivity contribution < 1.29 is 36.5 Å². The number of aromatic nitrogens is 2. The Morgan fingerprint density at radius 3 is 2.23 bits per heavy atom. The SMILES string of the molecule is CC(C)C1OC1c1ccc(C(Cc2cc[n+]([O-])cc2)c2ccc(OC(F)F)c(OC(F)F)c2)nc1. The zero-order valence-corrected chi connectivity index (χ0v) is 19.0. The molecule has 3 atom stereocenters. The predicted molar refractivity (Wildman–Crippen MR) is 117 cm³/mol. The van der Waals surface area contributed by atoms with Crippen LogP contribution in [0, 0.1) is 11.1 Å². The maximum atomic E-state index is 13.0. The number of hydrogen-bond acceptors (Lipinski definition) is 5. The molecule has 3 unspecified atom stereocenters. The average Bonchev–Trinajstić information content (AvgIpc) is 3.61. The molecule has 2 aromatic heterocycles. The highest BCUT2D eigenvalue weighted by atomic mass is 19.3. The molecule has 0 N–H and O–H groups in total. The van der Waals surface area contributed by atoms with Crippen molar-refractivity contribution in [3.63, 3.8) is 0 Å². The summed E-state index contributed by atoms with van der Waals surface area (Å²) in [6, 6.07) is 10.9. The Hall–Kier alpha value is -3.40. The molecule has 0 spiro atoms. The Kier molecular flexibility index (Phi) is 7.39. The van der Waals surface area contributed by atoms with Crippen molar-refractivity contribution in [2.45, 2.75) is 51.6 Å². The molecule has 0 amide bonds. The first-order valence-electron chi connectivity index (χ1n) is 11.0. The summed E-state index contributed by atoms with van der Waals surface area (Å²) in [6.45, 7) is -2.27. The van der Waals surface area contributed by atoms with Gasteiger partial charge in [-0.1, -0.05) is 26.0 Å². The van der Waals surface area contributed by atoms with Gasteiger partial charge in [-0.25, -0.2) is 0 Å². The van der Waals surface area contributed by atoms with Gasteiger partial charge in [0, 0.05) is 35.5 Å². The lowest BCUT2D eigenvalue weighted by Gasteiger charge is -2.20. The minimum atomic E-state index is -3.23. The van der Waals surface area contributed by atoms with Crippen molar-refractivity contribution in [1.29, 1.82) is 0 Å². The predicted octanol–water partition coefficient (Wildman–Crippen LogP) is 5.39. The minimum absolute atomic E-state index is 0.0200. The minimum Gasteiger partial charge on any atom is -0.619 e. The molecule has 0 aliphatic carbocycles. The van der Waals surface area contributed by atoms with Crippen molar-refractivity contribution in [1.82, 2.24) is 4.98 Å². The zero-order chi connectivity index (χ0) is 25.1. The van der Waals surface area contributed by atoms with Crippen molar-refractivity contribution in [3.05, 3.63) is 88.6 Å². The Morgan fingerprint density at radius 2 is 1.66 bits per heavy atom. The Balaban J connectivity index is 1.68. The van der Waals surface area contributed by atoms with Crippen LogP contribution in [0.3, 0.4) is 0 Å². The second-order valence-electron chi connectivity index (χ2n) is 8.57. The maximum absolute atomic E-state index is 13.0. The third kappa shape index (κ3) is 6.19. The van der Waals surface area contributed by atoms with Gasteiger partial charge in [0.25, 0.3) is 0 Å². The summed E-state index contributed by atoms with van der Waals surface area (Å²) in [5, 5.41) is 11.4. The quantitative estimate of drug-likeness (QED) is 0.164. The normalized spacial score (nSPS) is 18.2. The summed E-state index contributed by atoms with van der Waals surface area (Å²) in [7, 11) is 0. The zero-order valence-electron chi connectivity index (χ0n) is 19.0. The van der Waals surface area contributed by atoms with Gasteiger partial charge in [-0.15, -0.1) is 0 Å². The number of hydrogen-bond donors (Lipinski definition) is 0. The van der Waals surface area contributed by atoms with Crippen molar-refractivity contribution in [3.8, 4) is 11.5 Å². The number of epoxide rings is 1. The molecule has 0 radical (unpaired) electrons. The molecule has 0 saturated carbocycles. The van der Waals surface area contributed by atoms with Crippen LogP contribution in [0.25, 0.3) is 0 Å². The molecule has 0 bridgehead atoms. The van der Waals surface area contributed by atoms with E-state index in [1.165, 1.54) is 30.6 Å². The molecular weight excluding hydrogens is 468 g/mol. The second kappa shape index (κ2) is 10.5. The van der Waals surface area contributed by atoms with E-state index in [4.69, 9.17) is 4.74 Å². The topological polar surface area (TPSA) is 70.8 Å². The molecule has 35 heavy (non-hydrogen) atoms. The smallest absolute Gasteiger partial charge is 0.387 e. The fourth-order valence-electron chi connectivity index (χ4n) is 4.02. The lowest BCUT2D eigenvalue weighted by Crippen LogP contribution is -2.24. The van der Waals surface area contributed by atoms with Crippen LogP contribution in [0.2, 0.25) is 0 Å². The molecule has 1 fully saturated rings. The standard InChI is InChI=1S/C25H24F4N2O4/c1-14(2)22-23(35-22)17-3-5-19(30-13-17)18(11-15-7-9-31(32)10-8-15)16-4-6-20(33-24(26)27)21(12-16)34-25(28)29/h3-10,12-14,18,22-25H,11H2,1-2H3. The van der Waals surface area contributed by atoms with Crippen molar-refractivity contribution in [2.75, 3.05) is 0 Å². The van der Waals surface area contributed by atoms with E-state index >= 15 is 0 Å². The first kappa shape index (κ1) is 24.7. The van der Waals surface area contributed by atoms with E-state index in [9.17, 15) is 22.8 Å². The molecular formula is C25H24F4N2O4. The van der Waals surface area contributed by atoms with Gasteiger partial charge in [-0.05, 0) is 41.7 Å². The van der Waals surface area contributed by atoms with E-state index in [-0.39, 0.29) is 12.2 Å². The number of ether oxygens (including phenoxy) is 3. The molecule has 1 aromatic carbocycles. The fourth-order valence-corrected chi connectivity index (χ4v) is 4.02. The van der Waals surface area contributed by atoms with Crippen LogP contribution in [0.15, 0.2) is 61.1 Å². The summed E-state index contributed by atoms with van der Waals surface area (Å²) in [4.78, 5) is 4.60. The molecule has 6 nitrogen and oxygen atoms in total. The van der Waals surface area contributed by atoms with Gasteiger partial charge < -0.3 is 19.4 Å². The average molecular weight is 492 g/mol. The molecule has 1 saturated heterocycles. The van der Waals surface area contributed by atoms with E-state index < -0.39 is 30.6 Å². The Morgan fingerprint density at radius 1 is 0.971 bits per heavy atom. The van der Waals surface area contributed by atoms with Crippen molar-refractivity contribution >= 4 is 0 Å². The largest absolute Gasteiger partial charge is 0.619 e. The van der Waals surface area contributed by atoms with Gasteiger partial charge in [0.15, 0.2) is 23.9 Å². The molecule has 1 aliphatic rings. The third-order valence-corrected chi connectivity index (χ3v) is 5.79. The van der Waals surface area contributed by atoms with Gasteiger partial charge in [-0.2, -0.15) is 22.3 Å². The lowest BCUT2D eigenvalue weighted by molar-refractivity contribution is -0.605. The van der Waals surface area contributed by atoms with E-state index in [0.717, 1.165) is 11.1 Å². The highest BCUT2D eigenvalue weighted by Gasteiger charge is 2.42. The van der Waals surface area contributed by atoms with Crippen LogP contribution in [-0.4, -0.2) is 24.3 Å².